The molecule has 0 aliphatic heterocycles. The van der Waals surface area contributed by atoms with Gasteiger partial charge in [-0.1, -0.05) is 65.5 Å². The van der Waals surface area contributed by atoms with E-state index in [0.717, 1.165) is 18.1 Å². The zero-order valence-corrected chi connectivity index (χ0v) is 17.7. The fourth-order valence-corrected chi connectivity index (χ4v) is 3.66. The van der Waals surface area contributed by atoms with Gasteiger partial charge in [0.1, 0.15) is 5.75 Å². The number of ether oxygens (including phenoxy) is 1. The molecule has 0 heterocycles. The second kappa shape index (κ2) is 11.9. The van der Waals surface area contributed by atoms with Crippen molar-refractivity contribution < 1.29 is 4.74 Å². The van der Waals surface area contributed by atoms with E-state index in [4.69, 9.17) is 4.74 Å². The van der Waals surface area contributed by atoms with E-state index in [1.807, 2.05) is 0 Å². The molecule has 0 fully saturated rings. The van der Waals surface area contributed by atoms with E-state index in [-0.39, 0.29) is 6.10 Å². The van der Waals surface area contributed by atoms with Crippen LogP contribution in [0.2, 0.25) is 0 Å². The van der Waals surface area contributed by atoms with Gasteiger partial charge in [0.25, 0.3) is 0 Å². The van der Waals surface area contributed by atoms with Crippen LogP contribution in [0.4, 0.5) is 0 Å². The molecule has 0 saturated heterocycles. The summed E-state index contributed by atoms with van der Waals surface area (Å²) in [5.74, 6) is 2.52. The fraction of sp³-hybridized carbons (Fsp3) is 0.727. The maximum atomic E-state index is 6.28. The third kappa shape index (κ3) is 7.14. The Morgan fingerprint density at radius 3 is 2.12 bits per heavy atom. The predicted molar refractivity (Wildman–Crippen MR) is 111 cm³/mol. The highest BCUT2D eigenvalue weighted by molar-refractivity contribution is 7.17. The van der Waals surface area contributed by atoms with Crippen LogP contribution in [-0.4, -0.2) is 6.10 Å². The van der Waals surface area contributed by atoms with Gasteiger partial charge in [0.2, 0.25) is 0 Å². The molecular formula is C22H39OP. The van der Waals surface area contributed by atoms with Crippen LogP contribution < -0.4 is 4.74 Å². The predicted octanol–water partition coefficient (Wildman–Crippen LogP) is 7.41. The second-order valence-corrected chi connectivity index (χ2v) is 8.03. The summed E-state index contributed by atoms with van der Waals surface area (Å²) in [4.78, 5) is 0. The van der Waals surface area contributed by atoms with Gasteiger partial charge in [0.15, 0.2) is 0 Å². The average molecular weight is 351 g/mol. The monoisotopic (exact) mass is 350 g/mol. The Morgan fingerprint density at radius 1 is 0.958 bits per heavy atom. The molecule has 5 unspecified atom stereocenters. The van der Waals surface area contributed by atoms with Crippen molar-refractivity contribution in [3.8, 4) is 5.75 Å². The van der Waals surface area contributed by atoms with E-state index in [1.165, 1.54) is 44.1 Å². The van der Waals surface area contributed by atoms with Gasteiger partial charge >= 0.3 is 0 Å². The molecule has 5 atom stereocenters. The summed E-state index contributed by atoms with van der Waals surface area (Å²) in [7, 11) is 2.92. The van der Waals surface area contributed by atoms with Crippen LogP contribution >= 0.6 is 9.24 Å². The lowest BCUT2D eigenvalue weighted by Crippen LogP contribution is -2.25. The SMILES string of the molecule is CCCCC(CC)CC(CC)C(C)Oc1ccc(C(P)CC)cc1. The van der Waals surface area contributed by atoms with Gasteiger partial charge in [-0.2, -0.15) is 0 Å². The fourth-order valence-electron chi connectivity index (χ4n) is 3.44. The Balaban J connectivity index is 2.61. The quantitative estimate of drug-likeness (QED) is 0.356. The van der Waals surface area contributed by atoms with Crippen LogP contribution in [0.3, 0.4) is 0 Å². The Morgan fingerprint density at radius 2 is 1.62 bits per heavy atom. The summed E-state index contributed by atoms with van der Waals surface area (Å²) in [6, 6.07) is 8.69. The molecule has 0 spiro atoms. The van der Waals surface area contributed by atoms with Crippen molar-refractivity contribution in [3.63, 3.8) is 0 Å². The van der Waals surface area contributed by atoms with E-state index >= 15 is 0 Å². The van der Waals surface area contributed by atoms with Crippen LogP contribution in [-0.2, 0) is 0 Å². The molecule has 0 aliphatic rings. The van der Waals surface area contributed by atoms with Gasteiger partial charge in [-0.15, -0.1) is 9.24 Å². The van der Waals surface area contributed by atoms with Gasteiger partial charge < -0.3 is 4.74 Å². The van der Waals surface area contributed by atoms with Gasteiger partial charge in [-0.3, -0.25) is 0 Å². The third-order valence-electron chi connectivity index (χ3n) is 5.44. The topological polar surface area (TPSA) is 9.23 Å². The Labute approximate surface area is 153 Å². The van der Waals surface area contributed by atoms with Crippen LogP contribution in [0.15, 0.2) is 24.3 Å². The zero-order valence-electron chi connectivity index (χ0n) is 16.6. The van der Waals surface area contributed by atoms with Gasteiger partial charge in [-0.25, -0.2) is 0 Å². The van der Waals surface area contributed by atoms with Crippen molar-refractivity contribution in [3.05, 3.63) is 29.8 Å². The minimum atomic E-state index is 0.287. The number of rotatable bonds is 12. The van der Waals surface area contributed by atoms with Gasteiger partial charge in [-0.05, 0) is 61.4 Å². The first-order chi connectivity index (χ1) is 11.5. The number of benzene rings is 1. The maximum Gasteiger partial charge on any atom is 0.119 e. The molecule has 1 aromatic carbocycles. The summed E-state index contributed by atoms with van der Waals surface area (Å²) >= 11 is 0. The van der Waals surface area contributed by atoms with E-state index < -0.39 is 0 Å². The van der Waals surface area contributed by atoms with Gasteiger partial charge in [0.05, 0.1) is 6.10 Å². The van der Waals surface area contributed by atoms with Gasteiger partial charge in [0, 0.05) is 0 Å². The summed E-state index contributed by atoms with van der Waals surface area (Å²) < 4.78 is 6.28. The highest BCUT2D eigenvalue weighted by Gasteiger charge is 2.21. The molecule has 138 valence electrons. The first-order valence-electron chi connectivity index (χ1n) is 10.1. The molecule has 1 aromatic rings. The molecule has 0 radical (unpaired) electrons. The largest absolute Gasteiger partial charge is 0.490 e. The highest BCUT2D eigenvalue weighted by Crippen LogP contribution is 2.30. The maximum absolute atomic E-state index is 6.28. The first kappa shape index (κ1) is 21.5. The molecule has 0 aromatic heterocycles. The minimum absolute atomic E-state index is 0.287. The molecule has 0 bridgehead atoms. The Kier molecular flexibility index (Phi) is 10.7. The lowest BCUT2D eigenvalue weighted by molar-refractivity contribution is 0.126. The van der Waals surface area contributed by atoms with Crippen LogP contribution in [0.1, 0.15) is 90.8 Å². The summed E-state index contributed by atoms with van der Waals surface area (Å²) in [5.41, 5.74) is 1.92. The highest BCUT2D eigenvalue weighted by atomic mass is 31.0. The van der Waals surface area contributed by atoms with Crippen molar-refractivity contribution in [2.24, 2.45) is 11.8 Å². The van der Waals surface area contributed by atoms with Crippen molar-refractivity contribution in [2.75, 3.05) is 0 Å². The van der Waals surface area contributed by atoms with Crippen molar-refractivity contribution >= 4 is 9.24 Å². The molecule has 0 amide bonds. The number of hydrogen-bond donors (Lipinski definition) is 0. The number of hydrogen-bond acceptors (Lipinski definition) is 1. The normalized spacial score (nSPS) is 16.4. The first-order valence-corrected chi connectivity index (χ1v) is 10.7. The molecule has 2 heteroatoms. The smallest absolute Gasteiger partial charge is 0.119 e. The molecule has 24 heavy (non-hydrogen) atoms. The number of unbranched alkanes of at least 4 members (excludes halogenated alkanes) is 1. The zero-order chi connectivity index (χ0) is 17.9. The standard InChI is InChI=1S/C22H39OP/c1-6-10-11-18(7-2)16-19(8-3)17(5)23-21-14-12-20(13-15-21)22(24)9-4/h12-15,17-19,22H,6-11,16,24H2,1-5H3. The lowest BCUT2D eigenvalue weighted by Gasteiger charge is -2.27. The summed E-state index contributed by atoms with van der Waals surface area (Å²) in [5, 5.41) is 0. The third-order valence-corrected chi connectivity index (χ3v) is 6.29. The minimum Gasteiger partial charge on any atom is -0.490 e. The van der Waals surface area contributed by atoms with E-state index in [0.29, 0.717) is 11.6 Å². The molecule has 1 nitrogen and oxygen atoms in total. The van der Waals surface area contributed by atoms with E-state index in [1.54, 1.807) is 0 Å². The van der Waals surface area contributed by atoms with E-state index in [2.05, 4.69) is 68.1 Å². The van der Waals surface area contributed by atoms with Crippen molar-refractivity contribution in [1.29, 1.82) is 0 Å². The Bertz CT molecular complexity index is 428. The molecule has 1 rings (SSSR count). The average Bonchev–Trinajstić information content (AvgIpc) is 2.61. The van der Waals surface area contributed by atoms with Crippen LogP contribution in [0, 0.1) is 11.8 Å². The van der Waals surface area contributed by atoms with Crippen LogP contribution in [0.25, 0.3) is 0 Å². The molecular weight excluding hydrogens is 311 g/mol. The second-order valence-electron chi connectivity index (χ2n) is 7.23. The molecule has 0 N–H and O–H groups in total. The van der Waals surface area contributed by atoms with E-state index in [9.17, 15) is 0 Å². The van der Waals surface area contributed by atoms with Crippen LogP contribution in [0.5, 0.6) is 5.75 Å². The lowest BCUT2D eigenvalue weighted by atomic mass is 9.85. The molecule has 0 aliphatic carbocycles. The Hall–Kier alpha value is -0.550. The summed E-state index contributed by atoms with van der Waals surface area (Å²) in [6.45, 7) is 11.4. The van der Waals surface area contributed by atoms with Crippen molar-refractivity contribution in [2.45, 2.75) is 91.3 Å². The summed E-state index contributed by atoms with van der Waals surface area (Å²) in [6.07, 6.45) is 9.27. The van der Waals surface area contributed by atoms with Crippen molar-refractivity contribution in [1.82, 2.24) is 0 Å². The molecule has 0 saturated carbocycles.